The molecule has 1 heterocycles. The Labute approximate surface area is 216 Å². The van der Waals surface area contributed by atoms with Crippen LogP contribution in [0.25, 0.3) is 0 Å². The summed E-state index contributed by atoms with van der Waals surface area (Å²) in [4.78, 5) is 4.81. The van der Waals surface area contributed by atoms with Gasteiger partial charge < -0.3 is 19.1 Å². The number of benzene rings is 3. The molecular weight excluding hydrogens is 448 g/mol. The molecule has 0 aliphatic carbocycles. The average molecular weight is 489 g/mol. The third-order valence-corrected chi connectivity index (χ3v) is 7.01. The SMILES string of the molecule is COc1ccc(CCc2ccc(OC)cc2N(C)Cc2ccc(OCCN3CCCCC3)cc2)cc1. The van der Waals surface area contributed by atoms with Crippen molar-refractivity contribution in [1.29, 1.82) is 0 Å². The van der Waals surface area contributed by atoms with Crippen LogP contribution in [0.3, 0.4) is 0 Å². The highest BCUT2D eigenvalue weighted by molar-refractivity contribution is 5.57. The molecule has 4 rings (SSSR count). The van der Waals surface area contributed by atoms with E-state index in [1.54, 1.807) is 14.2 Å². The molecule has 1 aliphatic rings. The van der Waals surface area contributed by atoms with Gasteiger partial charge >= 0.3 is 0 Å². The molecule has 0 radical (unpaired) electrons. The first-order valence-electron chi connectivity index (χ1n) is 13.1. The summed E-state index contributed by atoms with van der Waals surface area (Å²) >= 11 is 0. The topological polar surface area (TPSA) is 34.2 Å². The fourth-order valence-corrected chi connectivity index (χ4v) is 4.83. The highest BCUT2D eigenvalue weighted by atomic mass is 16.5. The molecule has 0 N–H and O–H groups in total. The van der Waals surface area contributed by atoms with Crippen LogP contribution in [0.1, 0.15) is 36.0 Å². The van der Waals surface area contributed by atoms with Gasteiger partial charge in [0.15, 0.2) is 0 Å². The van der Waals surface area contributed by atoms with E-state index in [0.29, 0.717) is 0 Å². The molecular formula is C31H40N2O3. The molecule has 192 valence electrons. The molecule has 0 amide bonds. The molecule has 1 aliphatic heterocycles. The molecule has 1 fully saturated rings. The molecule has 0 aromatic heterocycles. The summed E-state index contributed by atoms with van der Waals surface area (Å²) in [6.07, 6.45) is 5.94. The number of hydrogen-bond acceptors (Lipinski definition) is 5. The second kappa shape index (κ2) is 13.2. The van der Waals surface area contributed by atoms with E-state index < -0.39 is 0 Å². The van der Waals surface area contributed by atoms with Gasteiger partial charge in [0.05, 0.1) is 14.2 Å². The van der Waals surface area contributed by atoms with Crippen molar-refractivity contribution in [3.05, 3.63) is 83.4 Å². The van der Waals surface area contributed by atoms with Crippen molar-refractivity contribution >= 4 is 5.69 Å². The molecule has 0 atom stereocenters. The maximum absolute atomic E-state index is 6.01. The van der Waals surface area contributed by atoms with E-state index >= 15 is 0 Å². The van der Waals surface area contributed by atoms with Crippen molar-refractivity contribution in [3.63, 3.8) is 0 Å². The van der Waals surface area contributed by atoms with Crippen LogP contribution in [0, 0.1) is 0 Å². The lowest BCUT2D eigenvalue weighted by atomic mass is 10.0. The smallest absolute Gasteiger partial charge is 0.120 e. The summed E-state index contributed by atoms with van der Waals surface area (Å²) in [5.41, 5.74) is 5.07. The number of aryl methyl sites for hydroxylation is 2. The Bertz CT molecular complexity index is 1060. The van der Waals surface area contributed by atoms with Crippen LogP contribution >= 0.6 is 0 Å². The summed E-state index contributed by atoms with van der Waals surface area (Å²) in [6, 6.07) is 23.2. The first-order valence-corrected chi connectivity index (χ1v) is 13.1. The third kappa shape index (κ3) is 7.41. The van der Waals surface area contributed by atoms with Crippen LogP contribution in [0.4, 0.5) is 5.69 Å². The summed E-state index contributed by atoms with van der Waals surface area (Å²) in [5, 5.41) is 0. The van der Waals surface area contributed by atoms with E-state index in [0.717, 1.165) is 49.8 Å². The fraction of sp³-hybridized carbons (Fsp3) is 0.419. The Morgan fingerprint density at radius 2 is 1.36 bits per heavy atom. The summed E-state index contributed by atoms with van der Waals surface area (Å²) in [6.45, 7) is 5.00. The minimum Gasteiger partial charge on any atom is -0.497 e. The third-order valence-electron chi connectivity index (χ3n) is 7.01. The number of rotatable bonds is 12. The van der Waals surface area contributed by atoms with Crippen LogP contribution in [0.5, 0.6) is 17.2 Å². The monoisotopic (exact) mass is 488 g/mol. The Balaban J connectivity index is 1.35. The van der Waals surface area contributed by atoms with Crippen molar-refractivity contribution in [2.75, 3.05) is 52.4 Å². The van der Waals surface area contributed by atoms with Crippen LogP contribution < -0.4 is 19.1 Å². The van der Waals surface area contributed by atoms with Gasteiger partial charge in [-0.2, -0.15) is 0 Å². The van der Waals surface area contributed by atoms with Crippen molar-refractivity contribution in [2.45, 2.75) is 38.6 Å². The molecule has 3 aromatic carbocycles. The normalized spacial score (nSPS) is 13.9. The lowest BCUT2D eigenvalue weighted by Crippen LogP contribution is -2.33. The molecule has 5 heteroatoms. The number of piperidine rings is 1. The van der Waals surface area contributed by atoms with Crippen LogP contribution in [-0.4, -0.2) is 52.4 Å². The number of hydrogen-bond donors (Lipinski definition) is 0. The van der Waals surface area contributed by atoms with E-state index in [9.17, 15) is 0 Å². The zero-order valence-electron chi connectivity index (χ0n) is 22.0. The van der Waals surface area contributed by atoms with Crippen molar-refractivity contribution in [2.24, 2.45) is 0 Å². The Morgan fingerprint density at radius 3 is 2.06 bits per heavy atom. The molecule has 1 saturated heterocycles. The minimum absolute atomic E-state index is 0.751. The van der Waals surface area contributed by atoms with Crippen LogP contribution in [0.15, 0.2) is 66.7 Å². The average Bonchev–Trinajstić information content (AvgIpc) is 2.93. The maximum atomic E-state index is 6.01. The first kappa shape index (κ1) is 25.9. The van der Waals surface area contributed by atoms with Gasteiger partial charge in [-0.1, -0.05) is 36.8 Å². The molecule has 3 aromatic rings. The van der Waals surface area contributed by atoms with E-state index in [-0.39, 0.29) is 0 Å². The summed E-state index contributed by atoms with van der Waals surface area (Å²) in [5.74, 6) is 2.71. The molecule has 0 saturated carbocycles. The molecule has 0 spiro atoms. The van der Waals surface area contributed by atoms with Crippen LogP contribution in [-0.2, 0) is 19.4 Å². The first-order chi connectivity index (χ1) is 17.6. The maximum Gasteiger partial charge on any atom is 0.120 e. The number of methoxy groups -OCH3 is 2. The van der Waals surface area contributed by atoms with Crippen LogP contribution in [0.2, 0.25) is 0 Å². The van der Waals surface area contributed by atoms with Crippen molar-refractivity contribution in [1.82, 2.24) is 4.90 Å². The minimum atomic E-state index is 0.751. The zero-order valence-corrected chi connectivity index (χ0v) is 22.0. The number of nitrogens with zero attached hydrogens (tertiary/aromatic N) is 2. The lowest BCUT2D eigenvalue weighted by molar-refractivity contribution is 0.183. The van der Waals surface area contributed by atoms with E-state index in [1.165, 1.54) is 54.7 Å². The molecule has 0 unspecified atom stereocenters. The highest BCUT2D eigenvalue weighted by Crippen LogP contribution is 2.28. The van der Waals surface area contributed by atoms with E-state index in [1.807, 2.05) is 12.1 Å². The fourth-order valence-electron chi connectivity index (χ4n) is 4.83. The summed E-state index contributed by atoms with van der Waals surface area (Å²) in [7, 11) is 5.57. The largest absolute Gasteiger partial charge is 0.497 e. The van der Waals surface area contributed by atoms with Gasteiger partial charge in [0.2, 0.25) is 0 Å². The van der Waals surface area contributed by atoms with Crippen molar-refractivity contribution in [3.8, 4) is 17.2 Å². The second-order valence-electron chi connectivity index (χ2n) is 9.59. The van der Waals surface area contributed by atoms with E-state index in [2.05, 4.69) is 71.4 Å². The van der Waals surface area contributed by atoms with Gasteiger partial charge in [0, 0.05) is 31.9 Å². The van der Waals surface area contributed by atoms with E-state index in [4.69, 9.17) is 14.2 Å². The van der Waals surface area contributed by atoms with Gasteiger partial charge in [0.1, 0.15) is 23.9 Å². The standard InChI is InChI=1S/C31H40N2O3/c1-32(24-26-10-16-29(17-11-26)36-22-21-33-19-5-4-6-20-33)31-23-30(35-3)18-13-27(31)12-7-25-8-14-28(34-2)15-9-25/h8-11,13-18,23H,4-7,12,19-22,24H2,1-3H3. The van der Waals surface area contributed by atoms with Gasteiger partial charge in [-0.25, -0.2) is 0 Å². The second-order valence-corrected chi connectivity index (χ2v) is 9.59. The Kier molecular flexibility index (Phi) is 9.51. The number of likely N-dealkylation sites (tertiary alicyclic amines) is 1. The van der Waals surface area contributed by atoms with Gasteiger partial charge in [-0.3, -0.25) is 4.90 Å². The predicted molar refractivity (Wildman–Crippen MR) is 148 cm³/mol. The molecule has 5 nitrogen and oxygen atoms in total. The molecule has 0 bridgehead atoms. The van der Waals surface area contributed by atoms with Gasteiger partial charge in [-0.05, 0) is 85.8 Å². The number of ether oxygens (including phenoxy) is 3. The van der Waals surface area contributed by atoms with Gasteiger partial charge in [-0.15, -0.1) is 0 Å². The Morgan fingerprint density at radius 1 is 0.722 bits per heavy atom. The zero-order chi connectivity index (χ0) is 25.2. The highest BCUT2D eigenvalue weighted by Gasteiger charge is 2.12. The Hall–Kier alpha value is -3.18. The predicted octanol–water partition coefficient (Wildman–Crippen LogP) is 5.99. The lowest BCUT2D eigenvalue weighted by Gasteiger charge is -2.26. The quantitative estimate of drug-likeness (QED) is 0.313. The number of anilines is 1. The van der Waals surface area contributed by atoms with Crippen molar-refractivity contribution < 1.29 is 14.2 Å². The summed E-state index contributed by atoms with van der Waals surface area (Å²) < 4.78 is 16.8. The van der Waals surface area contributed by atoms with Gasteiger partial charge in [0.25, 0.3) is 0 Å². The molecule has 36 heavy (non-hydrogen) atoms.